The molecule has 24 heavy (non-hydrogen) atoms. The quantitative estimate of drug-likeness (QED) is 0.930. The number of hydrogen-bond donors (Lipinski definition) is 1. The second kappa shape index (κ2) is 7.31. The number of rotatable bonds is 4. The van der Waals surface area contributed by atoms with Gasteiger partial charge in [-0.2, -0.15) is 0 Å². The van der Waals surface area contributed by atoms with Gasteiger partial charge in [0.25, 0.3) is 0 Å². The summed E-state index contributed by atoms with van der Waals surface area (Å²) in [6.45, 7) is 9.33. The van der Waals surface area contributed by atoms with Gasteiger partial charge in [0.1, 0.15) is 5.82 Å². The zero-order valence-electron chi connectivity index (χ0n) is 15.0. The minimum absolute atomic E-state index is 0.387. The molecule has 1 fully saturated rings. The number of aryl methyl sites for hydroxylation is 1. The Hall–Kier alpha value is -1.94. The first-order chi connectivity index (χ1) is 11.6. The van der Waals surface area contributed by atoms with Crippen molar-refractivity contribution in [3.05, 3.63) is 41.6 Å². The van der Waals surface area contributed by atoms with Gasteiger partial charge in [0.2, 0.25) is 0 Å². The van der Waals surface area contributed by atoms with E-state index in [9.17, 15) is 0 Å². The van der Waals surface area contributed by atoms with Crippen LogP contribution in [0.15, 0.2) is 30.3 Å². The van der Waals surface area contributed by atoms with Crippen LogP contribution < -0.4 is 10.6 Å². The van der Waals surface area contributed by atoms with E-state index in [1.807, 2.05) is 0 Å². The monoisotopic (exact) mass is 324 g/mol. The standard InChI is InChI=1S/C20H28N4/c1-14(2)18-12-19(24-10-8-16(13-21)9-11-24)23-20(22-18)17-6-4-15(3)5-7-17/h4-7,12,14,16H,8-11,13,21H2,1-3H3. The Morgan fingerprint density at radius 3 is 2.38 bits per heavy atom. The molecule has 0 amide bonds. The van der Waals surface area contributed by atoms with Crippen molar-refractivity contribution in [3.8, 4) is 11.4 Å². The molecule has 1 saturated heterocycles. The molecule has 4 heteroatoms. The van der Waals surface area contributed by atoms with E-state index in [4.69, 9.17) is 15.7 Å². The minimum atomic E-state index is 0.387. The maximum Gasteiger partial charge on any atom is 0.161 e. The predicted octanol–water partition coefficient (Wildman–Crippen LogP) is 3.75. The van der Waals surface area contributed by atoms with Crippen molar-refractivity contribution >= 4 is 5.82 Å². The number of piperidine rings is 1. The molecule has 1 aromatic carbocycles. The third-order valence-corrected chi connectivity index (χ3v) is 4.91. The van der Waals surface area contributed by atoms with Gasteiger partial charge >= 0.3 is 0 Å². The van der Waals surface area contributed by atoms with Gasteiger partial charge < -0.3 is 10.6 Å². The van der Waals surface area contributed by atoms with Crippen molar-refractivity contribution in [1.82, 2.24) is 9.97 Å². The van der Waals surface area contributed by atoms with Gasteiger partial charge in [-0.25, -0.2) is 9.97 Å². The Balaban J connectivity index is 1.93. The molecule has 128 valence electrons. The average Bonchev–Trinajstić information content (AvgIpc) is 2.62. The van der Waals surface area contributed by atoms with Crippen molar-refractivity contribution < 1.29 is 0 Å². The lowest BCUT2D eigenvalue weighted by Gasteiger charge is -2.32. The summed E-state index contributed by atoms with van der Waals surface area (Å²) in [6.07, 6.45) is 2.30. The molecule has 3 rings (SSSR count). The molecule has 1 aliphatic rings. The fraction of sp³-hybridized carbons (Fsp3) is 0.500. The minimum Gasteiger partial charge on any atom is -0.356 e. The summed E-state index contributed by atoms with van der Waals surface area (Å²) < 4.78 is 0. The highest BCUT2D eigenvalue weighted by molar-refractivity contribution is 5.58. The normalized spacial score (nSPS) is 16.0. The number of nitrogens with zero attached hydrogens (tertiary/aromatic N) is 3. The van der Waals surface area contributed by atoms with Crippen molar-refractivity contribution in [2.75, 3.05) is 24.5 Å². The molecule has 0 bridgehead atoms. The van der Waals surface area contributed by atoms with Crippen molar-refractivity contribution in [1.29, 1.82) is 0 Å². The molecular weight excluding hydrogens is 296 g/mol. The number of hydrogen-bond acceptors (Lipinski definition) is 4. The summed E-state index contributed by atoms with van der Waals surface area (Å²) in [5, 5.41) is 0. The first-order valence-electron chi connectivity index (χ1n) is 8.98. The Labute approximate surface area is 145 Å². The van der Waals surface area contributed by atoms with Crippen molar-refractivity contribution in [3.63, 3.8) is 0 Å². The number of nitrogens with two attached hydrogens (primary N) is 1. The van der Waals surface area contributed by atoms with Crippen LogP contribution in [0.2, 0.25) is 0 Å². The summed E-state index contributed by atoms with van der Waals surface area (Å²) >= 11 is 0. The van der Waals surface area contributed by atoms with Gasteiger partial charge in [-0.15, -0.1) is 0 Å². The number of aromatic nitrogens is 2. The second-order valence-electron chi connectivity index (χ2n) is 7.16. The van der Waals surface area contributed by atoms with Crippen LogP contribution in [0, 0.1) is 12.8 Å². The van der Waals surface area contributed by atoms with Gasteiger partial charge in [-0.05, 0) is 38.1 Å². The van der Waals surface area contributed by atoms with Gasteiger partial charge in [0.05, 0.1) is 0 Å². The lowest BCUT2D eigenvalue weighted by Crippen LogP contribution is -2.36. The molecule has 4 nitrogen and oxygen atoms in total. The highest BCUT2D eigenvalue weighted by Crippen LogP contribution is 2.27. The van der Waals surface area contributed by atoms with Crippen molar-refractivity contribution in [2.45, 2.75) is 39.5 Å². The summed E-state index contributed by atoms with van der Waals surface area (Å²) in [4.78, 5) is 12.1. The SMILES string of the molecule is Cc1ccc(-c2nc(C(C)C)cc(N3CCC(CN)CC3)n2)cc1. The fourth-order valence-corrected chi connectivity index (χ4v) is 3.14. The molecule has 0 spiro atoms. The van der Waals surface area contributed by atoms with E-state index < -0.39 is 0 Å². The average molecular weight is 324 g/mol. The van der Waals surface area contributed by atoms with E-state index in [-0.39, 0.29) is 0 Å². The molecule has 1 aromatic heterocycles. The molecule has 0 atom stereocenters. The Morgan fingerprint density at radius 1 is 1.12 bits per heavy atom. The highest BCUT2D eigenvalue weighted by atomic mass is 15.2. The van der Waals surface area contributed by atoms with Crippen LogP contribution in [0.4, 0.5) is 5.82 Å². The summed E-state index contributed by atoms with van der Waals surface area (Å²) in [5.41, 5.74) is 9.26. The molecular formula is C20H28N4. The summed E-state index contributed by atoms with van der Waals surface area (Å²) in [6, 6.07) is 10.6. The van der Waals surface area contributed by atoms with Crippen LogP contribution in [-0.2, 0) is 0 Å². The Kier molecular flexibility index (Phi) is 5.14. The van der Waals surface area contributed by atoms with Crippen LogP contribution in [0.5, 0.6) is 0 Å². The molecule has 0 radical (unpaired) electrons. The van der Waals surface area contributed by atoms with Gasteiger partial charge in [-0.1, -0.05) is 43.7 Å². The van der Waals surface area contributed by atoms with Crippen LogP contribution in [-0.4, -0.2) is 29.6 Å². The molecule has 0 unspecified atom stereocenters. The first-order valence-corrected chi connectivity index (χ1v) is 8.98. The Morgan fingerprint density at radius 2 is 1.79 bits per heavy atom. The van der Waals surface area contributed by atoms with E-state index in [2.05, 4.69) is 56.0 Å². The van der Waals surface area contributed by atoms with E-state index in [1.54, 1.807) is 0 Å². The molecule has 0 aliphatic carbocycles. The van der Waals surface area contributed by atoms with E-state index >= 15 is 0 Å². The van der Waals surface area contributed by atoms with Gasteiger partial charge in [0, 0.05) is 30.4 Å². The van der Waals surface area contributed by atoms with Crippen LogP contribution >= 0.6 is 0 Å². The van der Waals surface area contributed by atoms with E-state index in [1.165, 1.54) is 5.56 Å². The van der Waals surface area contributed by atoms with Crippen LogP contribution in [0.3, 0.4) is 0 Å². The molecule has 0 saturated carbocycles. The zero-order chi connectivity index (χ0) is 17.1. The topological polar surface area (TPSA) is 55.0 Å². The maximum atomic E-state index is 5.82. The molecule has 2 N–H and O–H groups in total. The number of benzene rings is 1. The maximum absolute atomic E-state index is 5.82. The van der Waals surface area contributed by atoms with Crippen LogP contribution in [0.25, 0.3) is 11.4 Å². The van der Waals surface area contributed by atoms with E-state index in [0.29, 0.717) is 11.8 Å². The predicted molar refractivity (Wildman–Crippen MR) is 100 cm³/mol. The second-order valence-corrected chi connectivity index (χ2v) is 7.16. The van der Waals surface area contributed by atoms with Gasteiger partial charge in [-0.3, -0.25) is 0 Å². The fourth-order valence-electron chi connectivity index (χ4n) is 3.14. The zero-order valence-corrected chi connectivity index (χ0v) is 15.0. The third-order valence-electron chi connectivity index (χ3n) is 4.91. The highest BCUT2D eigenvalue weighted by Gasteiger charge is 2.21. The summed E-state index contributed by atoms with van der Waals surface area (Å²) in [7, 11) is 0. The van der Waals surface area contributed by atoms with Gasteiger partial charge in [0.15, 0.2) is 5.82 Å². The smallest absolute Gasteiger partial charge is 0.161 e. The molecule has 1 aliphatic heterocycles. The largest absolute Gasteiger partial charge is 0.356 e. The lowest BCUT2D eigenvalue weighted by molar-refractivity contribution is 0.413. The van der Waals surface area contributed by atoms with E-state index in [0.717, 1.165) is 55.4 Å². The lowest BCUT2D eigenvalue weighted by atomic mass is 9.97. The van der Waals surface area contributed by atoms with Crippen LogP contribution in [0.1, 0.15) is 43.9 Å². The number of anilines is 1. The molecule has 2 heterocycles. The Bertz CT molecular complexity index is 671. The molecule has 2 aromatic rings. The third kappa shape index (κ3) is 3.75. The van der Waals surface area contributed by atoms with Crippen molar-refractivity contribution in [2.24, 2.45) is 11.7 Å². The summed E-state index contributed by atoms with van der Waals surface area (Å²) in [5.74, 6) is 2.93. The first kappa shape index (κ1) is 16.9.